The minimum Gasteiger partial charge on any atom is -0.469 e. The lowest BCUT2D eigenvalue weighted by Crippen LogP contribution is -2.06. The second kappa shape index (κ2) is 5.56. The van der Waals surface area contributed by atoms with Gasteiger partial charge >= 0.3 is 5.97 Å². The summed E-state index contributed by atoms with van der Waals surface area (Å²) in [7, 11) is 1.34. The number of ether oxygens (including phenoxy) is 1. The number of hydrogen-bond donors (Lipinski definition) is 0. The maximum absolute atomic E-state index is 11.8. The van der Waals surface area contributed by atoms with E-state index >= 15 is 0 Å². The van der Waals surface area contributed by atoms with E-state index in [0.717, 1.165) is 10.2 Å². The van der Waals surface area contributed by atoms with E-state index in [0.29, 0.717) is 27.6 Å². The summed E-state index contributed by atoms with van der Waals surface area (Å²) in [5.74, 6) is -0.400. The van der Waals surface area contributed by atoms with Gasteiger partial charge in [-0.25, -0.2) is 4.98 Å². The number of methoxy groups -OCH3 is 1. The maximum atomic E-state index is 11.8. The molecule has 0 aliphatic carbocycles. The van der Waals surface area contributed by atoms with Crippen LogP contribution in [0, 0.1) is 0 Å². The van der Waals surface area contributed by atoms with Gasteiger partial charge in [0.1, 0.15) is 5.69 Å². The van der Waals surface area contributed by atoms with E-state index in [9.17, 15) is 4.79 Å². The molecule has 128 valence electrons. The summed E-state index contributed by atoms with van der Waals surface area (Å²) in [6, 6.07) is 9.60. The van der Waals surface area contributed by atoms with E-state index in [-0.39, 0.29) is 6.42 Å². The lowest BCUT2D eigenvalue weighted by molar-refractivity contribution is -0.139. The van der Waals surface area contributed by atoms with Crippen LogP contribution in [0.2, 0.25) is 0 Å². The smallest absolute Gasteiger partial charge is 0.311 e. The molecule has 5 rings (SSSR count). The third kappa shape index (κ3) is 2.15. The summed E-state index contributed by atoms with van der Waals surface area (Å²) < 4.78 is 9.11. The van der Waals surface area contributed by atoms with E-state index in [1.54, 1.807) is 21.5 Å². The number of hydrogen-bond acceptors (Lipinski definition) is 8. The van der Waals surface area contributed by atoms with Gasteiger partial charge in [0.25, 0.3) is 0 Å². The number of benzene rings is 1. The van der Waals surface area contributed by atoms with E-state index in [1.807, 2.05) is 24.3 Å². The molecule has 0 aliphatic heterocycles. The van der Waals surface area contributed by atoms with Crippen molar-refractivity contribution < 1.29 is 9.53 Å². The zero-order chi connectivity index (χ0) is 17.7. The largest absolute Gasteiger partial charge is 0.469 e. The first-order chi connectivity index (χ1) is 12.7. The molecule has 1 aromatic carbocycles. The molecule has 26 heavy (non-hydrogen) atoms. The topological polar surface area (TPSA) is 100 Å². The van der Waals surface area contributed by atoms with Gasteiger partial charge in [-0.15, -0.1) is 10.2 Å². The first kappa shape index (κ1) is 14.9. The third-order valence-electron chi connectivity index (χ3n) is 3.99. The Kier molecular flexibility index (Phi) is 3.19. The van der Waals surface area contributed by atoms with Crippen LogP contribution in [-0.4, -0.2) is 47.7 Å². The highest BCUT2D eigenvalue weighted by Crippen LogP contribution is 2.28. The Labute approximate surface area is 149 Å². The monoisotopic (exact) mass is 365 g/mol. The molecule has 9 nitrogen and oxygen atoms in total. The Morgan fingerprint density at radius 1 is 1.23 bits per heavy atom. The maximum Gasteiger partial charge on any atom is 0.311 e. The minimum absolute atomic E-state index is 0.00759. The molecule has 0 unspecified atom stereocenters. The van der Waals surface area contributed by atoms with E-state index < -0.39 is 5.97 Å². The molecule has 4 heterocycles. The van der Waals surface area contributed by atoms with Crippen LogP contribution in [0.5, 0.6) is 0 Å². The predicted molar refractivity (Wildman–Crippen MR) is 94.3 cm³/mol. The number of nitrogens with zero attached hydrogens (tertiary/aromatic N) is 7. The van der Waals surface area contributed by atoms with Gasteiger partial charge in [-0.3, -0.25) is 4.79 Å². The molecule has 0 saturated heterocycles. The highest BCUT2D eigenvalue weighted by molar-refractivity contribution is 7.20. The minimum atomic E-state index is -0.400. The number of fused-ring (bicyclic) bond motifs is 4. The summed E-state index contributed by atoms with van der Waals surface area (Å²) >= 11 is 1.50. The molecule has 5 aromatic rings. The van der Waals surface area contributed by atoms with Gasteiger partial charge in [0.2, 0.25) is 5.13 Å². The predicted octanol–water partition coefficient (Wildman–Crippen LogP) is 1.79. The first-order valence-electron chi connectivity index (χ1n) is 7.75. The van der Waals surface area contributed by atoms with Gasteiger partial charge in [-0.2, -0.15) is 19.4 Å². The zero-order valence-electron chi connectivity index (χ0n) is 13.5. The van der Waals surface area contributed by atoms with Crippen molar-refractivity contribution in [2.24, 2.45) is 0 Å². The molecule has 0 N–H and O–H groups in total. The van der Waals surface area contributed by atoms with Crippen molar-refractivity contribution in [1.82, 2.24) is 34.6 Å². The van der Waals surface area contributed by atoms with Gasteiger partial charge in [-0.1, -0.05) is 23.5 Å². The summed E-state index contributed by atoms with van der Waals surface area (Å²) in [5.41, 5.74) is 3.04. The van der Waals surface area contributed by atoms with E-state index in [4.69, 9.17) is 4.74 Å². The second-order valence-corrected chi connectivity index (χ2v) is 6.56. The summed E-state index contributed by atoms with van der Waals surface area (Å²) in [6.07, 6.45) is 1.63. The molecule has 0 amide bonds. The molecule has 0 aliphatic rings. The fourth-order valence-corrected chi connectivity index (χ4v) is 3.71. The number of para-hydroxylation sites is 1. The highest BCUT2D eigenvalue weighted by Gasteiger charge is 2.21. The van der Waals surface area contributed by atoms with E-state index in [1.165, 1.54) is 18.4 Å². The van der Waals surface area contributed by atoms with Gasteiger partial charge in [-0.05, 0) is 12.1 Å². The lowest BCUT2D eigenvalue weighted by Gasteiger charge is -1.99. The third-order valence-corrected chi connectivity index (χ3v) is 5.00. The van der Waals surface area contributed by atoms with Crippen molar-refractivity contribution in [3.63, 3.8) is 0 Å². The van der Waals surface area contributed by atoms with Crippen molar-refractivity contribution in [2.75, 3.05) is 7.11 Å². The molecule has 0 bridgehead atoms. The van der Waals surface area contributed by atoms with Gasteiger partial charge in [0.05, 0.1) is 29.9 Å². The van der Waals surface area contributed by atoms with Crippen molar-refractivity contribution >= 4 is 44.3 Å². The molecular formula is C16H11N7O2S. The molecule has 0 saturated carbocycles. The van der Waals surface area contributed by atoms with Crippen molar-refractivity contribution in [2.45, 2.75) is 6.42 Å². The quantitative estimate of drug-likeness (QED) is 0.449. The van der Waals surface area contributed by atoms with Crippen LogP contribution < -0.4 is 0 Å². The number of esters is 1. The molecule has 0 radical (unpaired) electrons. The fraction of sp³-hybridized carbons (Fsp3) is 0.125. The second-order valence-electron chi connectivity index (χ2n) is 5.55. The highest BCUT2D eigenvalue weighted by atomic mass is 32.1. The van der Waals surface area contributed by atoms with Gasteiger partial charge in [0, 0.05) is 6.07 Å². The van der Waals surface area contributed by atoms with Crippen LogP contribution in [0.4, 0.5) is 0 Å². The zero-order valence-corrected chi connectivity index (χ0v) is 14.3. The molecule has 0 fully saturated rings. The standard InChI is InChI=1S/C16H11N7O2S/c1-25-13(24)8-10-14-15(22-12(19-20-14)6-7-17-22)23(21-10)16-18-9-4-2-3-5-11(9)26-16/h2-7H,8H2,1H3. The normalized spacial score (nSPS) is 11.6. The SMILES string of the molecule is COC(=O)Cc1nn(-c2nc3ccccc3s2)c2c1nnc1ccnn12. The average Bonchev–Trinajstić information content (AvgIpc) is 3.37. The molecular weight excluding hydrogens is 354 g/mol. The van der Waals surface area contributed by atoms with Crippen LogP contribution in [0.1, 0.15) is 5.69 Å². The number of thiazole rings is 1. The Hall–Kier alpha value is -3.40. The first-order valence-corrected chi connectivity index (χ1v) is 8.57. The lowest BCUT2D eigenvalue weighted by atomic mass is 10.3. The molecule has 10 heteroatoms. The Balaban J connectivity index is 1.82. The Morgan fingerprint density at radius 3 is 2.96 bits per heavy atom. The van der Waals surface area contributed by atoms with Crippen molar-refractivity contribution in [3.05, 3.63) is 42.2 Å². The average molecular weight is 365 g/mol. The van der Waals surface area contributed by atoms with E-state index in [2.05, 4.69) is 25.4 Å². The van der Waals surface area contributed by atoms with Crippen molar-refractivity contribution in [1.29, 1.82) is 0 Å². The summed E-state index contributed by atoms with van der Waals surface area (Å²) in [4.78, 5) is 16.4. The summed E-state index contributed by atoms with van der Waals surface area (Å²) in [5, 5.41) is 17.9. The Bertz CT molecular complexity index is 1250. The number of aromatic nitrogens is 7. The van der Waals surface area contributed by atoms with Crippen LogP contribution in [0.15, 0.2) is 36.5 Å². The molecule has 0 atom stereocenters. The van der Waals surface area contributed by atoms with Crippen molar-refractivity contribution in [3.8, 4) is 5.13 Å². The Morgan fingerprint density at radius 2 is 2.12 bits per heavy atom. The van der Waals surface area contributed by atoms with Gasteiger partial charge < -0.3 is 4.74 Å². The van der Waals surface area contributed by atoms with Crippen LogP contribution >= 0.6 is 11.3 Å². The molecule has 4 aromatic heterocycles. The number of rotatable bonds is 3. The number of carbonyl (C=O) groups is 1. The fourth-order valence-electron chi connectivity index (χ4n) is 2.79. The molecule has 0 spiro atoms. The van der Waals surface area contributed by atoms with Crippen LogP contribution in [0.3, 0.4) is 0 Å². The van der Waals surface area contributed by atoms with Gasteiger partial charge in [0.15, 0.2) is 16.8 Å². The van der Waals surface area contributed by atoms with Crippen LogP contribution in [0.25, 0.3) is 32.2 Å². The number of carbonyl (C=O) groups excluding carboxylic acids is 1. The van der Waals surface area contributed by atoms with Crippen LogP contribution in [-0.2, 0) is 16.0 Å². The summed E-state index contributed by atoms with van der Waals surface area (Å²) in [6.45, 7) is 0.